The molecule has 0 bridgehead atoms. The summed E-state index contributed by atoms with van der Waals surface area (Å²) in [6.07, 6.45) is 1.43. The van der Waals surface area contributed by atoms with Gasteiger partial charge in [-0.25, -0.2) is 10.1 Å². The highest BCUT2D eigenvalue weighted by Crippen LogP contribution is 2.06. The average molecular weight is 194 g/mol. The zero-order chi connectivity index (χ0) is 9.19. The first-order valence-electron chi connectivity index (χ1n) is 3.77. The number of hydrazine groups is 1. The number of rotatable bonds is 2. The van der Waals surface area contributed by atoms with Gasteiger partial charge in [0, 0.05) is 19.1 Å². The Hall–Kier alpha value is -0.210. The van der Waals surface area contributed by atoms with Crippen molar-refractivity contribution < 1.29 is 8.42 Å². The molecular formula is C5H14N4O2S. The largest absolute Gasteiger partial charge is 0.274 e. The molecular weight excluding hydrogens is 180 g/mol. The second-order valence-electron chi connectivity index (χ2n) is 2.97. The lowest BCUT2D eigenvalue weighted by molar-refractivity contribution is 0.212. The van der Waals surface area contributed by atoms with Crippen molar-refractivity contribution in [3.63, 3.8) is 0 Å². The number of nitrogens with zero attached hydrogens (tertiary/aromatic N) is 1. The quantitative estimate of drug-likeness (QED) is 0.448. The maximum Gasteiger partial charge on any atom is 0.274 e. The molecule has 0 aromatic rings. The molecule has 6 nitrogen and oxygen atoms in total. The van der Waals surface area contributed by atoms with E-state index >= 15 is 0 Å². The summed E-state index contributed by atoms with van der Waals surface area (Å²) in [6.45, 7) is 1.40. The SMILES string of the molecule is NN1CCC(NS(N)(=O)=O)CC1. The summed E-state index contributed by atoms with van der Waals surface area (Å²) in [6, 6.07) is -0.0557. The fourth-order valence-electron chi connectivity index (χ4n) is 1.25. The number of hydrogen-bond acceptors (Lipinski definition) is 4. The van der Waals surface area contributed by atoms with E-state index in [9.17, 15) is 8.42 Å². The fraction of sp³-hybridized carbons (Fsp3) is 1.00. The van der Waals surface area contributed by atoms with E-state index in [4.69, 9.17) is 11.0 Å². The van der Waals surface area contributed by atoms with Gasteiger partial charge in [-0.3, -0.25) is 5.84 Å². The number of nitrogens with one attached hydrogen (secondary N) is 1. The maximum atomic E-state index is 10.6. The monoisotopic (exact) mass is 194 g/mol. The van der Waals surface area contributed by atoms with Crippen LogP contribution in [0.5, 0.6) is 0 Å². The number of nitrogens with two attached hydrogens (primary N) is 2. The summed E-state index contributed by atoms with van der Waals surface area (Å²) < 4.78 is 23.6. The molecule has 1 rings (SSSR count). The lowest BCUT2D eigenvalue weighted by atomic mass is 10.1. The first-order chi connectivity index (χ1) is 5.47. The van der Waals surface area contributed by atoms with E-state index in [-0.39, 0.29) is 6.04 Å². The molecule has 0 saturated carbocycles. The van der Waals surface area contributed by atoms with Crippen molar-refractivity contribution >= 4 is 10.2 Å². The highest BCUT2D eigenvalue weighted by molar-refractivity contribution is 7.87. The molecule has 0 aliphatic carbocycles. The van der Waals surface area contributed by atoms with Gasteiger partial charge in [0.05, 0.1) is 0 Å². The van der Waals surface area contributed by atoms with Crippen molar-refractivity contribution in [3.8, 4) is 0 Å². The summed E-state index contributed by atoms with van der Waals surface area (Å²) in [5.41, 5.74) is 0. The second-order valence-corrected chi connectivity index (χ2v) is 4.30. The molecule has 0 radical (unpaired) electrons. The van der Waals surface area contributed by atoms with E-state index in [1.165, 1.54) is 0 Å². The van der Waals surface area contributed by atoms with Crippen LogP contribution >= 0.6 is 0 Å². The van der Waals surface area contributed by atoms with Crippen LogP contribution in [0.4, 0.5) is 0 Å². The molecule has 7 heteroatoms. The van der Waals surface area contributed by atoms with Gasteiger partial charge in [0.2, 0.25) is 0 Å². The van der Waals surface area contributed by atoms with Crippen LogP contribution in [0.3, 0.4) is 0 Å². The van der Waals surface area contributed by atoms with Crippen molar-refractivity contribution in [1.82, 2.24) is 9.73 Å². The molecule has 1 aliphatic heterocycles. The molecule has 0 amide bonds. The van der Waals surface area contributed by atoms with E-state index in [0.29, 0.717) is 25.9 Å². The predicted molar refractivity (Wildman–Crippen MR) is 45.0 cm³/mol. The van der Waals surface area contributed by atoms with Crippen LogP contribution in [0.25, 0.3) is 0 Å². The Morgan fingerprint density at radius 1 is 1.33 bits per heavy atom. The molecule has 0 aromatic heterocycles. The molecule has 1 saturated heterocycles. The molecule has 0 aromatic carbocycles. The smallest absolute Gasteiger partial charge is 0.269 e. The maximum absolute atomic E-state index is 10.6. The minimum Gasteiger partial charge on any atom is -0.269 e. The lowest BCUT2D eigenvalue weighted by Crippen LogP contribution is -2.48. The Labute approximate surface area is 72.0 Å². The molecule has 0 unspecified atom stereocenters. The Kier molecular flexibility index (Phi) is 3.02. The number of hydrogen-bond donors (Lipinski definition) is 3. The van der Waals surface area contributed by atoms with E-state index in [1.54, 1.807) is 5.01 Å². The third kappa shape index (κ3) is 3.46. The molecule has 0 spiro atoms. The topological polar surface area (TPSA) is 101 Å². The Balaban J connectivity index is 2.36. The molecule has 12 heavy (non-hydrogen) atoms. The lowest BCUT2D eigenvalue weighted by Gasteiger charge is -2.28. The highest BCUT2D eigenvalue weighted by Gasteiger charge is 2.19. The number of piperidine rings is 1. The van der Waals surface area contributed by atoms with Gasteiger partial charge >= 0.3 is 0 Å². The summed E-state index contributed by atoms with van der Waals surface area (Å²) in [5.74, 6) is 5.49. The summed E-state index contributed by atoms with van der Waals surface area (Å²) in [4.78, 5) is 0. The van der Waals surface area contributed by atoms with Gasteiger partial charge in [0.15, 0.2) is 0 Å². The van der Waals surface area contributed by atoms with E-state index < -0.39 is 10.2 Å². The summed E-state index contributed by atoms with van der Waals surface area (Å²) in [7, 11) is -3.55. The summed E-state index contributed by atoms with van der Waals surface area (Å²) in [5, 5.41) is 6.49. The second kappa shape index (κ2) is 3.67. The Morgan fingerprint density at radius 2 is 1.83 bits per heavy atom. The first kappa shape index (κ1) is 9.87. The molecule has 0 atom stereocenters. The van der Waals surface area contributed by atoms with Gasteiger partial charge in [-0.15, -0.1) is 0 Å². The fourth-order valence-corrected chi connectivity index (χ4v) is 1.95. The van der Waals surface area contributed by atoms with Crippen LogP contribution < -0.4 is 15.7 Å². The van der Waals surface area contributed by atoms with Gasteiger partial charge in [-0.2, -0.15) is 13.1 Å². The predicted octanol–water partition coefficient (Wildman–Crippen LogP) is -1.88. The van der Waals surface area contributed by atoms with E-state index in [1.807, 2.05) is 0 Å². The van der Waals surface area contributed by atoms with Crippen LogP contribution in [0.15, 0.2) is 0 Å². The standard InChI is InChI=1S/C5H14N4O2S/c6-9-3-1-5(2-4-9)8-12(7,10)11/h5,8H,1-4,6H2,(H2,7,10,11). The zero-order valence-corrected chi connectivity index (χ0v) is 7.55. The van der Waals surface area contributed by atoms with Crippen molar-refractivity contribution in [3.05, 3.63) is 0 Å². The first-order valence-corrected chi connectivity index (χ1v) is 5.32. The zero-order valence-electron chi connectivity index (χ0n) is 6.73. The highest BCUT2D eigenvalue weighted by atomic mass is 32.2. The van der Waals surface area contributed by atoms with Gasteiger partial charge in [-0.05, 0) is 12.8 Å². The van der Waals surface area contributed by atoms with Crippen LogP contribution in [0.1, 0.15) is 12.8 Å². The summed E-state index contributed by atoms with van der Waals surface area (Å²) >= 11 is 0. The Morgan fingerprint density at radius 3 is 2.25 bits per heavy atom. The van der Waals surface area contributed by atoms with E-state index in [0.717, 1.165) is 0 Å². The third-order valence-corrected chi connectivity index (χ3v) is 2.52. The normalized spacial score (nSPS) is 22.8. The Bertz CT molecular complexity index is 232. The molecule has 5 N–H and O–H groups in total. The molecule has 72 valence electrons. The van der Waals surface area contributed by atoms with E-state index in [2.05, 4.69) is 4.72 Å². The van der Waals surface area contributed by atoms with Gasteiger partial charge in [-0.1, -0.05) is 0 Å². The minimum absolute atomic E-state index is 0.0557. The molecule has 1 fully saturated rings. The van der Waals surface area contributed by atoms with Crippen molar-refractivity contribution in [2.24, 2.45) is 11.0 Å². The van der Waals surface area contributed by atoms with Crippen LogP contribution in [0.2, 0.25) is 0 Å². The van der Waals surface area contributed by atoms with Crippen LogP contribution in [-0.2, 0) is 10.2 Å². The average Bonchev–Trinajstić information content (AvgIpc) is 1.91. The van der Waals surface area contributed by atoms with Crippen molar-refractivity contribution in [2.45, 2.75) is 18.9 Å². The third-order valence-electron chi connectivity index (χ3n) is 1.86. The van der Waals surface area contributed by atoms with Gasteiger partial charge < -0.3 is 0 Å². The molecule has 1 aliphatic rings. The van der Waals surface area contributed by atoms with Crippen molar-refractivity contribution in [1.29, 1.82) is 0 Å². The minimum atomic E-state index is -3.55. The van der Waals surface area contributed by atoms with Gasteiger partial charge in [0.25, 0.3) is 10.2 Å². The molecule has 1 heterocycles. The van der Waals surface area contributed by atoms with Gasteiger partial charge in [0.1, 0.15) is 0 Å². The van der Waals surface area contributed by atoms with Crippen LogP contribution in [-0.4, -0.2) is 32.6 Å². The van der Waals surface area contributed by atoms with Crippen molar-refractivity contribution in [2.75, 3.05) is 13.1 Å². The van der Waals surface area contributed by atoms with Crippen LogP contribution in [0, 0.1) is 0 Å².